The number of aliphatic hydroxyl groups excluding tert-OH is 1. The quantitative estimate of drug-likeness (QED) is 0.785. The summed E-state index contributed by atoms with van der Waals surface area (Å²) in [6.07, 6.45) is 8.31. The van der Waals surface area contributed by atoms with Crippen molar-refractivity contribution in [2.24, 2.45) is 0 Å². The summed E-state index contributed by atoms with van der Waals surface area (Å²) in [6, 6.07) is 7.94. The largest absolute Gasteiger partial charge is 0.494 e. The molecule has 0 saturated carbocycles. The van der Waals surface area contributed by atoms with Crippen molar-refractivity contribution in [1.29, 1.82) is 0 Å². The van der Waals surface area contributed by atoms with E-state index in [0.29, 0.717) is 6.42 Å². The number of nitrogens with zero attached hydrogens (tertiary/aromatic N) is 1. The molecule has 1 unspecified atom stereocenters. The third-order valence-corrected chi connectivity index (χ3v) is 4.14. The highest BCUT2D eigenvalue weighted by Gasteiger charge is 2.24. The third-order valence-electron chi connectivity index (χ3n) is 4.14. The van der Waals surface area contributed by atoms with E-state index in [1.807, 2.05) is 35.2 Å². The van der Waals surface area contributed by atoms with Gasteiger partial charge in [-0.1, -0.05) is 19.1 Å². The molecule has 126 valence electrons. The van der Waals surface area contributed by atoms with Crippen molar-refractivity contribution in [3.63, 3.8) is 0 Å². The molecule has 1 heterocycles. The minimum atomic E-state index is 0.0365. The van der Waals surface area contributed by atoms with Crippen molar-refractivity contribution in [3.05, 3.63) is 35.9 Å². The molecular formula is C19H27NO3. The molecule has 1 saturated heterocycles. The van der Waals surface area contributed by atoms with Crippen molar-refractivity contribution in [2.45, 2.75) is 45.1 Å². The summed E-state index contributed by atoms with van der Waals surface area (Å²) in [7, 11) is 0. The van der Waals surface area contributed by atoms with E-state index in [4.69, 9.17) is 9.84 Å². The van der Waals surface area contributed by atoms with Crippen LogP contribution in [0.4, 0.5) is 0 Å². The van der Waals surface area contributed by atoms with Crippen LogP contribution in [0.15, 0.2) is 30.3 Å². The molecule has 0 radical (unpaired) electrons. The first-order chi connectivity index (χ1) is 11.2. The van der Waals surface area contributed by atoms with Gasteiger partial charge < -0.3 is 14.7 Å². The van der Waals surface area contributed by atoms with Crippen LogP contribution < -0.4 is 4.74 Å². The van der Waals surface area contributed by atoms with Gasteiger partial charge in [-0.15, -0.1) is 0 Å². The maximum Gasteiger partial charge on any atom is 0.246 e. The maximum absolute atomic E-state index is 12.4. The van der Waals surface area contributed by atoms with Crippen LogP contribution in [0.1, 0.15) is 44.6 Å². The molecule has 1 atom stereocenters. The first-order valence-corrected chi connectivity index (χ1v) is 8.57. The minimum absolute atomic E-state index is 0.0365. The second-order valence-electron chi connectivity index (χ2n) is 5.94. The Morgan fingerprint density at radius 2 is 2.13 bits per heavy atom. The molecule has 2 rings (SSSR count). The molecule has 1 N–H and O–H groups in total. The van der Waals surface area contributed by atoms with Crippen LogP contribution in [0.2, 0.25) is 0 Å². The average Bonchev–Trinajstić information content (AvgIpc) is 2.59. The molecule has 23 heavy (non-hydrogen) atoms. The van der Waals surface area contributed by atoms with Gasteiger partial charge in [0, 0.05) is 25.3 Å². The summed E-state index contributed by atoms with van der Waals surface area (Å²) in [6.45, 7) is 3.72. The van der Waals surface area contributed by atoms with Gasteiger partial charge in [0.15, 0.2) is 0 Å². The monoisotopic (exact) mass is 317 g/mol. The Bertz CT molecular complexity index is 508. The topological polar surface area (TPSA) is 49.8 Å². The molecule has 4 nitrogen and oxygen atoms in total. The average molecular weight is 317 g/mol. The highest BCUT2D eigenvalue weighted by Crippen LogP contribution is 2.20. The second kappa shape index (κ2) is 9.36. The Morgan fingerprint density at radius 1 is 1.35 bits per heavy atom. The van der Waals surface area contributed by atoms with Gasteiger partial charge in [0.05, 0.1) is 6.61 Å². The maximum atomic E-state index is 12.4. The Hall–Kier alpha value is -1.81. The number of carbonyl (C=O) groups is 1. The Morgan fingerprint density at radius 3 is 2.83 bits per heavy atom. The molecule has 0 aromatic heterocycles. The molecule has 0 aliphatic carbocycles. The van der Waals surface area contributed by atoms with Crippen molar-refractivity contribution < 1.29 is 14.6 Å². The molecule has 0 bridgehead atoms. The molecule has 1 aromatic rings. The lowest BCUT2D eigenvalue weighted by Gasteiger charge is -2.34. The zero-order chi connectivity index (χ0) is 16.5. The Labute approximate surface area is 138 Å². The number of aliphatic hydroxyl groups is 1. The first kappa shape index (κ1) is 17.5. The van der Waals surface area contributed by atoms with E-state index in [1.54, 1.807) is 6.08 Å². The lowest BCUT2D eigenvalue weighted by molar-refractivity contribution is -0.129. The normalized spacial score (nSPS) is 18.3. The van der Waals surface area contributed by atoms with Gasteiger partial charge in [0.2, 0.25) is 5.91 Å². The number of piperidine rings is 1. The fourth-order valence-corrected chi connectivity index (χ4v) is 2.90. The van der Waals surface area contributed by atoms with Gasteiger partial charge in [0.1, 0.15) is 5.75 Å². The number of carbonyl (C=O) groups excluding carboxylic acids is 1. The van der Waals surface area contributed by atoms with E-state index in [-0.39, 0.29) is 18.6 Å². The number of ether oxygens (including phenoxy) is 1. The SMILES string of the molecule is CCCOc1ccc(/C=C/C(=O)N2CCCCC2CCO)cc1. The van der Waals surface area contributed by atoms with E-state index in [0.717, 1.165) is 50.1 Å². The van der Waals surface area contributed by atoms with Crippen LogP contribution in [0.5, 0.6) is 5.75 Å². The van der Waals surface area contributed by atoms with Crippen molar-refractivity contribution in [3.8, 4) is 5.75 Å². The second-order valence-corrected chi connectivity index (χ2v) is 5.94. The molecular weight excluding hydrogens is 290 g/mol. The molecule has 1 aliphatic heterocycles. The van der Waals surface area contributed by atoms with E-state index >= 15 is 0 Å². The highest BCUT2D eigenvalue weighted by molar-refractivity contribution is 5.92. The van der Waals surface area contributed by atoms with Gasteiger partial charge in [-0.05, 0) is 55.9 Å². The lowest BCUT2D eigenvalue weighted by Crippen LogP contribution is -2.43. The molecule has 1 amide bonds. The molecule has 1 aliphatic rings. The molecule has 1 fully saturated rings. The minimum Gasteiger partial charge on any atom is -0.494 e. The Balaban J connectivity index is 1.94. The van der Waals surface area contributed by atoms with Gasteiger partial charge in [-0.25, -0.2) is 0 Å². The number of hydrogen-bond acceptors (Lipinski definition) is 3. The van der Waals surface area contributed by atoms with Crippen LogP contribution in [0, 0.1) is 0 Å². The molecule has 1 aromatic carbocycles. The number of hydrogen-bond donors (Lipinski definition) is 1. The zero-order valence-corrected chi connectivity index (χ0v) is 13.9. The van der Waals surface area contributed by atoms with E-state index in [1.165, 1.54) is 0 Å². The number of amides is 1. The standard InChI is InChI=1S/C19H27NO3/c1-2-15-23-18-9-6-16(7-10-18)8-11-19(22)20-13-4-3-5-17(20)12-14-21/h6-11,17,21H,2-5,12-15H2,1H3/b11-8+. The van der Waals surface area contributed by atoms with Gasteiger partial charge in [-0.3, -0.25) is 4.79 Å². The number of likely N-dealkylation sites (tertiary alicyclic amines) is 1. The summed E-state index contributed by atoms with van der Waals surface area (Å²) < 4.78 is 5.55. The third kappa shape index (κ3) is 5.39. The van der Waals surface area contributed by atoms with Crippen LogP contribution in [0.25, 0.3) is 6.08 Å². The number of rotatable bonds is 7. The highest BCUT2D eigenvalue weighted by atomic mass is 16.5. The van der Waals surface area contributed by atoms with Crippen LogP contribution >= 0.6 is 0 Å². The van der Waals surface area contributed by atoms with Gasteiger partial charge in [-0.2, -0.15) is 0 Å². The Kier molecular flexibility index (Phi) is 7.14. The predicted octanol–water partition coefficient (Wildman–Crippen LogP) is 3.25. The first-order valence-electron chi connectivity index (χ1n) is 8.57. The molecule has 0 spiro atoms. The zero-order valence-electron chi connectivity index (χ0n) is 13.9. The van der Waals surface area contributed by atoms with Gasteiger partial charge >= 0.3 is 0 Å². The van der Waals surface area contributed by atoms with E-state index in [9.17, 15) is 4.79 Å². The van der Waals surface area contributed by atoms with Crippen LogP contribution in [-0.2, 0) is 4.79 Å². The predicted molar refractivity (Wildman–Crippen MR) is 92.3 cm³/mol. The fraction of sp³-hybridized carbons (Fsp3) is 0.526. The molecule has 4 heteroatoms. The van der Waals surface area contributed by atoms with Crippen LogP contribution in [0.3, 0.4) is 0 Å². The smallest absolute Gasteiger partial charge is 0.246 e. The van der Waals surface area contributed by atoms with Crippen LogP contribution in [-0.4, -0.2) is 41.7 Å². The summed E-state index contributed by atoms with van der Waals surface area (Å²) in [4.78, 5) is 14.3. The summed E-state index contributed by atoms with van der Waals surface area (Å²) >= 11 is 0. The summed E-state index contributed by atoms with van der Waals surface area (Å²) in [5, 5.41) is 9.15. The lowest BCUT2D eigenvalue weighted by atomic mass is 9.99. The number of benzene rings is 1. The fourth-order valence-electron chi connectivity index (χ4n) is 2.90. The summed E-state index contributed by atoms with van der Waals surface area (Å²) in [5.74, 6) is 0.892. The van der Waals surface area contributed by atoms with E-state index in [2.05, 4.69) is 6.92 Å². The van der Waals surface area contributed by atoms with Gasteiger partial charge in [0.25, 0.3) is 0 Å². The van der Waals surface area contributed by atoms with Crippen molar-refractivity contribution in [2.75, 3.05) is 19.8 Å². The van der Waals surface area contributed by atoms with E-state index < -0.39 is 0 Å². The van der Waals surface area contributed by atoms with Crippen molar-refractivity contribution in [1.82, 2.24) is 4.90 Å². The summed E-state index contributed by atoms with van der Waals surface area (Å²) in [5.41, 5.74) is 0.984. The van der Waals surface area contributed by atoms with Crippen molar-refractivity contribution >= 4 is 12.0 Å².